The average Bonchev–Trinajstić information content (AvgIpc) is 3.46. The van der Waals surface area contributed by atoms with Crippen molar-refractivity contribution in [3.8, 4) is 0 Å². The van der Waals surface area contributed by atoms with E-state index in [0.29, 0.717) is 12.8 Å². The Kier molecular flexibility index (Phi) is 8.59. The molecule has 9 heteroatoms. The molecule has 2 aromatic heterocycles. The number of rotatable bonds is 11. The number of ether oxygens (including phenoxy) is 1. The van der Waals surface area contributed by atoms with Crippen LogP contribution in [0.15, 0.2) is 42.0 Å². The highest BCUT2D eigenvalue weighted by molar-refractivity contribution is 7.09. The molecular formula is C24H30N4O4S. The highest BCUT2D eigenvalue weighted by atomic mass is 32.1. The number of esters is 1. The van der Waals surface area contributed by atoms with Crippen molar-refractivity contribution in [1.29, 1.82) is 0 Å². The number of nitrogens with zero attached hydrogens (tertiary/aromatic N) is 1. The first-order chi connectivity index (χ1) is 15.9. The molecule has 0 bridgehead atoms. The number of carbonyl (C=O) groups excluding carboxylic acids is 3. The van der Waals surface area contributed by atoms with Crippen LogP contribution in [-0.2, 0) is 32.1 Å². The summed E-state index contributed by atoms with van der Waals surface area (Å²) in [7, 11) is 1.30. The molecule has 0 fully saturated rings. The molecule has 2 atom stereocenters. The topological polar surface area (TPSA) is 113 Å². The zero-order chi connectivity index (χ0) is 23.8. The van der Waals surface area contributed by atoms with E-state index in [4.69, 9.17) is 4.74 Å². The molecule has 0 saturated heterocycles. The van der Waals surface area contributed by atoms with Crippen molar-refractivity contribution in [1.82, 2.24) is 20.6 Å². The summed E-state index contributed by atoms with van der Waals surface area (Å²) in [6, 6.07) is 7.01. The summed E-state index contributed by atoms with van der Waals surface area (Å²) in [6.07, 6.45) is 4.34. The van der Waals surface area contributed by atoms with E-state index < -0.39 is 17.9 Å². The zero-order valence-electron chi connectivity index (χ0n) is 19.1. The second-order valence-electron chi connectivity index (χ2n) is 8.38. The highest BCUT2D eigenvalue weighted by Crippen LogP contribution is 2.21. The molecule has 0 spiro atoms. The summed E-state index contributed by atoms with van der Waals surface area (Å²) in [6.45, 7) is 4.26. The van der Waals surface area contributed by atoms with Gasteiger partial charge in [0.1, 0.15) is 11.0 Å². The number of nitrogens with one attached hydrogen (secondary N) is 3. The minimum Gasteiger partial charge on any atom is -0.469 e. The Morgan fingerprint density at radius 2 is 1.97 bits per heavy atom. The Balaban J connectivity index is 1.79. The van der Waals surface area contributed by atoms with Crippen LogP contribution in [0, 0.1) is 11.8 Å². The fourth-order valence-corrected chi connectivity index (χ4v) is 4.34. The van der Waals surface area contributed by atoms with E-state index in [9.17, 15) is 14.4 Å². The number of amides is 2. The van der Waals surface area contributed by atoms with Crippen LogP contribution < -0.4 is 10.6 Å². The van der Waals surface area contributed by atoms with Crippen molar-refractivity contribution in [2.75, 3.05) is 7.11 Å². The predicted octanol–water partition coefficient (Wildman–Crippen LogP) is 3.19. The van der Waals surface area contributed by atoms with Gasteiger partial charge in [-0.05, 0) is 24.0 Å². The maximum atomic E-state index is 13.2. The van der Waals surface area contributed by atoms with Crippen LogP contribution >= 0.6 is 11.3 Å². The number of para-hydroxylation sites is 1. The van der Waals surface area contributed by atoms with Gasteiger partial charge in [0.2, 0.25) is 11.8 Å². The van der Waals surface area contributed by atoms with Gasteiger partial charge in [-0.2, -0.15) is 0 Å². The number of benzene rings is 1. The lowest BCUT2D eigenvalue weighted by Crippen LogP contribution is -2.49. The normalized spacial score (nSPS) is 13.0. The predicted molar refractivity (Wildman–Crippen MR) is 127 cm³/mol. The number of aromatic nitrogens is 2. The van der Waals surface area contributed by atoms with E-state index in [1.54, 1.807) is 6.20 Å². The first kappa shape index (κ1) is 24.4. The van der Waals surface area contributed by atoms with E-state index in [0.717, 1.165) is 21.5 Å². The number of carbonyl (C=O) groups is 3. The van der Waals surface area contributed by atoms with Gasteiger partial charge in [-0.1, -0.05) is 32.0 Å². The van der Waals surface area contributed by atoms with Gasteiger partial charge in [-0.15, -0.1) is 11.3 Å². The molecule has 3 N–H and O–H groups in total. The molecule has 3 rings (SSSR count). The van der Waals surface area contributed by atoms with Gasteiger partial charge < -0.3 is 20.4 Å². The van der Waals surface area contributed by atoms with Gasteiger partial charge in [0, 0.05) is 41.0 Å². The summed E-state index contributed by atoms with van der Waals surface area (Å²) in [5, 5.41) is 9.39. The minimum atomic E-state index is -0.802. The Labute approximate surface area is 197 Å². The SMILES string of the molecule is COC(=O)C[C@@H](CC(C)C)C(=O)N[C@@H](Cc1c[nH]c2ccccc12)C(=O)NCc1nccs1. The standard InChI is InChI=1S/C24H30N4O4S/c1-15(2)10-16(12-22(29)32-3)23(30)28-20(24(31)27-14-21-25-8-9-33-21)11-17-13-26-19-7-5-4-6-18(17)19/h4-9,13,15-16,20,26H,10-12,14H2,1-3H3,(H,27,31)(H,28,30)/t16-,20+/m1/s1. The number of fused-ring (bicyclic) bond motifs is 1. The zero-order valence-corrected chi connectivity index (χ0v) is 19.9. The van der Waals surface area contributed by atoms with Gasteiger partial charge >= 0.3 is 5.97 Å². The van der Waals surface area contributed by atoms with Crippen molar-refractivity contribution in [3.63, 3.8) is 0 Å². The van der Waals surface area contributed by atoms with E-state index in [1.807, 2.05) is 49.7 Å². The molecule has 2 amide bonds. The Morgan fingerprint density at radius 1 is 1.18 bits per heavy atom. The second-order valence-corrected chi connectivity index (χ2v) is 9.35. The third-order valence-corrected chi connectivity index (χ3v) is 6.18. The molecule has 0 aliphatic carbocycles. The molecule has 0 unspecified atom stereocenters. The largest absolute Gasteiger partial charge is 0.469 e. The minimum absolute atomic E-state index is 0.0267. The summed E-state index contributed by atoms with van der Waals surface area (Å²) in [4.78, 5) is 45.5. The van der Waals surface area contributed by atoms with E-state index in [-0.39, 0.29) is 30.7 Å². The van der Waals surface area contributed by atoms with Crippen molar-refractivity contribution in [2.45, 2.75) is 45.7 Å². The Hall–Kier alpha value is -3.20. The van der Waals surface area contributed by atoms with Crippen molar-refractivity contribution in [3.05, 3.63) is 52.6 Å². The lowest BCUT2D eigenvalue weighted by atomic mass is 9.92. The number of aromatic amines is 1. The molecule has 8 nitrogen and oxygen atoms in total. The van der Waals surface area contributed by atoms with E-state index >= 15 is 0 Å². The number of H-pyrrole nitrogens is 1. The lowest BCUT2D eigenvalue weighted by molar-refractivity contribution is -0.144. The molecule has 2 heterocycles. The summed E-state index contributed by atoms with van der Waals surface area (Å²) < 4.78 is 4.77. The Bertz CT molecular complexity index is 1080. The number of hydrogen-bond donors (Lipinski definition) is 3. The van der Waals surface area contributed by atoms with Gasteiger partial charge in [0.05, 0.1) is 20.1 Å². The monoisotopic (exact) mass is 470 g/mol. The van der Waals surface area contributed by atoms with Gasteiger partial charge in [0.25, 0.3) is 0 Å². The van der Waals surface area contributed by atoms with E-state index in [1.165, 1.54) is 18.4 Å². The van der Waals surface area contributed by atoms with Gasteiger partial charge in [-0.25, -0.2) is 4.98 Å². The third-order valence-electron chi connectivity index (χ3n) is 5.40. The maximum Gasteiger partial charge on any atom is 0.306 e. The van der Waals surface area contributed by atoms with Crippen LogP contribution in [0.5, 0.6) is 0 Å². The molecular weight excluding hydrogens is 440 g/mol. The quantitative estimate of drug-likeness (QED) is 0.373. The van der Waals surface area contributed by atoms with Crippen molar-refractivity contribution < 1.29 is 19.1 Å². The lowest BCUT2D eigenvalue weighted by Gasteiger charge is -2.23. The molecule has 3 aromatic rings. The smallest absolute Gasteiger partial charge is 0.306 e. The van der Waals surface area contributed by atoms with Crippen LogP contribution in [0.4, 0.5) is 0 Å². The molecule has 0 aliphatic heterocycles. The molecule has 0 radical (unpaired) electrons. The number of hydrogen-bond acceptors (Lipinski definition) is 6. The van der Waals surface area contributed by atoms with E-state index in [2.05, 4.69) is 20.6 Å². The number of thiazole rings is 1. The van der Waals surface area contributed by atoms with Crippen LogP contribution in [0.3, 0.4) is 0 Å². The summed E-state index contributed by atoms with van der Waals surface area (Å²) >= 11 is 1.45. The van der Waals surface area contributed by atoms with Gasteiger partial charge in [0.15, 0.2) is 0 Å². The fraction of sp³-hybridized carbons (Fsp3) is 0.417. The van der Waals surface area contributed by atoms with Crippen LogP contribution in [0.25, 0.3) is 10.9 Å². The average molecular weight is 471 g/mol. The molecule has 1 aromatic carbocycles. The van der Waals surface area contributed by atoms with Gasteiger partial charge in [-0.3, -0.25) is 14.4 Å². The Morgan fingerprint density at radius 3 is 2.67 bits per heavy atom. The van der Waals surface area contributed by atoms with Crippen molar-refractivity contribution in [2.24, 2.45) is 11.8 Å². The number of methoxy groups -OCH3 is 1. The first-order valence-corrected chi connectivity index (χ1v) is 11.8. The summed E-state index contributed by atoms with van der Waals surface area (Å²) in [5.41, 5.74) is 1.89. The van der Waals surface area contributed by atoms with Crippen molar-refractivity contribution >= 4 is 40.0 Å². The molecule has 0 aliphatic rings. The van der Waals surface area contributed by atoms with Crippen LogP contribution in [0.2, 0.25) is 0 Å². The molecule has 33 heavy (non-hydrogen) atoms. The maximum absolute atomic E-state index is 13.2. The molecule has 0 saturated carbocycles. The fourth-order valence-electron chi connectivity index (χ4n) is 3.78. The second kappa shape index (κ2) is 11.6. The first-order valence-electron chi connectivity index (χ1n) is 11.0. The molecule has 176 valence electrons. The third kappa shape index (κ3) is 6.89. The highest BCUT2D eigenvalue weighted by Gasteiger charge is 2.29. The van der Waals surface area contributed by atoms with Crippen LogP contribution in [0.1, 0.15) is 37.3 Å². The van der Waals surface area contributed by atoms with Crippen LogP contribution in [-0.4, -0.2) is 40.9 Å². The summed E-state index contributed by atoms with van der Waals surface area (Å²) in [5.74, 6) is -1.45.